The Bertz CT molecular complexity index is 414. The molecule has 100 valence electrons. The SMILES string of the molecule is COC1CCCCC1(O)Cc1cc(C)ccc1C. The number of benzene rings is 1. The van der Waals surface area contributed by atoms with Gasteiger partial charge in [0.2, 0.25) is 0 Å². The molecule has 0 aliphatic heterocycles. The van der Waals surface area contributed by atoms with Crippen molar-refractivity contribution in [2.45, 2.75) is 57.7 Å². The van der Waals surface area contributed by atoms with E-state index >= 15 is 0 Å². The molecule has 0 amide bonds. The van der Waals surface area contributed by atoms with Crippen LogP contribution in [0.2, 0.25) is 0 Å². The summed E-state index contributed by atoms with van der Waals surface area (Å²) in [5.41, 5.74) is 3.07. The van der Waals surface area contributed by atoms with E-state index in [4.69, 9.17) is 4.74 Å². The topological polar surface area (TPSA) is 29.5 Å². The lowest BCUT2D eigenvalue weighted by atomic mass is 9.77. The molecule has 0 spiro atoms. The van der Waals surface area contributed by atoms with Gasteiger partial charge in [0.05, 0.1) is 11.7 Å². The first-order chi connectivity index (χ1) is 8.55. The molecule has 2 unspecified atom stereocenters. The highest BCUT2D eigenvalue weighted by atomic mass is 16.5. The molecule has 2 rings (SSSR count). The molecule has 1 aromatic carbocycles. The molecule has 2 nitrogen and oxygen atoms in total. The molecule has 18 heavy (non-hydrogen) atoms. The van der Waals surface area contributed by atoms with E-state index in [9.17, 15) is 5.11 Å². The number of rotatable bonds is 3. The quantitative estimate of drug-likeness (QED) is 0.890. The van der Waals surface area contributed by atoms with Crippen molar-refractivity contribution in [1.29, 1.82) is 0 Å². The Labute approximate surface area is 110 Å². The van der Waals surface area contributed by atoms with Crippen LogP contribution in [0.25, 0.3) is 0 Å². The highest BCUT2D eigenvalue weighted by molar-refractivity contribution is 5.32. The van der Waals surface area contributed by atoms with Crippen molar-refractivity contribution in [1.82, 2.24) is 0 Å². The van der Waals surface area contributed by atoms with Gasteiger partial charge in [-0.3, -0.25) is 0 Å². The fraction of sp³-hybridized carbons (Fsp3) is 0.625. The molecule has 2 atom stereocenters. The Morgan fingerprint density at radius 2 is 2.11 bits per heavy atom. The minimum atomic E-state index is -0.689. The van der Waals surface area contributed by atoms with Crippen molar-refractivity contribution in [3.63, 3.8) is 0 Å². The maximum absolute atomic E-state index is 10.9. The molecular formula is C16H24O2. The Morgan fingerprint density at radius 3 is 2.83 bits per heavy atom. The second-order valence-electron chi connectivity index (χ2n) is 5.68. The summed E-state index contributed by atoms with van der Waals surface area (Å²) in [5.74, 6) is 0. The van der Waals surface area contributed by atoms with Crippen LogP contribution >= 0.6 is 0 Å². The normalized spacial score (nSPS) is 28.3. The second kappa shape index (κ2) is 5.41. The number of hydrogen-bond acceptors (Lipinski definition) is 2. The second-order valence-corrected chi connectivity index (χ2v) is 5.68. The van der Waals surface area contributed by atoms with Gasteiger partial charge in [0.25, 0.3) is 0 Å². The van der Waals surface area contributed by atoms with E-state index in [1.165, 1.54) is 16.7 Å². The van der Waals surface area contributed by atoms with Crippen LogP contribution in [0, 0.1) is 13.8 Å². The van der Waals surface area contributed by atoms with E-state index < -0.39 is 5.60 Å². The number of aryl methyl sites for hydroxylation is 2. The maximum Gasteiger partial charge on any atom is 0.0948 e. The highest BCUT2D eigenvalue weighted by Gasteiger charge is 2.39. The van der Waals surface area contributed by atoms with E-state index in [1.54, 1.807) is 7.11 Å². The average molecular weight is 248 g/mol. The van der Waals surface area contributed by atoms with Crippen molar-refractivity contribution in [3.8, 4) is 0 Å². The summed E-state index contributed by atoms with van der Waals surface area (Å²) >= 11 is 0. The number of methoxy groups -OCH3 is 1. The van der Waals surface area contributed by atoms with Crippen LogP contribution in [0.1, 0.15) is 42.4 Å². The number of ether oxygens (including phenoxy) is 1. The highest BCUT2D eigenvalue weighted by Crippen LogP contribution is 2.34. The first kappa shape index (κ1) is 13.6. The smallest absolute Gasteiger partial charge is 0.0948 e. The summed E-state index contributed by atoms with van der Waals surface area (Å²) in [6, 6.07) is 6.45. The molecule has 0 aromatic heterocycles. The summed E-state index contributed by atoms with van der Waals surface area (Å²) in [7, 11) is 1.71. The lowest BCUT2D eigenvalue weighted by Gasteiger charge is -2.39. The summed E-state index contributed by atoms with van der Waals surface area (Å²) in [6.07, 6.45) is 4.76. The van der Waals surface area contributed by atoms with Gasteiger partial charge in [0, 0.05) is 13.5 Å². The van der Waals surface area contributed by atoms with Crippen LogP contribution in [-0.4, -0.2) is 23.9 Å². The largest absolute Gasteiger partial charge is 0.387 e. The minimum Gasteiger partial charge on any atom is -0.387 e. The molecule has 0 radical (unpaired) electrons. The van der Waals surface area contributed by atoms with Gasteiger partial charge in [-0.15, -0.1) is 0 Å². The Kier molecular flexibility index (Phi) is 4.08. The lowest BCUT2D eigenvalue weighted by molar-refractivity contribution is -0.116. The predicted molar refractivity (Wildman–Crippen MR) is 73.8 cm³/mol. The zero-order chi connectivity index (χ0) is 13.2. The average Bonchev–Trinajstić information content (AvgIpc) is 2.34. The van der Waals surface area contributed by atoms with Gasteiger partial charge < -0.3 is 9.84 Å². The molecule has 1 saturated carbocycles. The number of aliphatic hydroxyl groups is 1. The number of hydrogen-bond donors (Lipinski definition) is 1. The van der Waals surface area contributed by atoms with Crippen LogP contribution in [0.15, 0.2) is 18.2 Å². The molecule has 0 bridgehead atoms. The van der Waals surface area contributed by atoms with Gasteiger partial charge >= 0.3 is 0 Å². The molecule has 1 aliphatic rings. The predicted octanol–water partition coefficient (Wildman–Crippen LogP) is 3.17. The summed E-state index contributed by atoms with van der Waals surface area (Å²) < 4.78 is 5.50. The third-order valence-electron chi connectivity index (χ3n) is 4.21. The van der Waals surface area contributed by atoms with Gasteiger partial charge in [-0.25, -0.2) is 0 Å². The van der Waals surface area contributed by atoms with Crippen LogP contribution in [0.5, 0.6) is 0 Å². The molecule has 2 heteroatoms. The lowest BCUT2D eigenvalue weighted by Crippen LogP contribution is -2.47. The molecule has 1 fully saturated rings. The molecule has 1 N–H and O–H groups in total. The zero-order valence-corrected chi connectivity index (χ0v) is 11.7. The molecule has 0 heterocycles. The Morgan fingerprint density at radius 1 is 1.33 bits per heavy atom. The fourth-order valence-corrected chi connectivity index (χ4v) is 3.05. The van der Waals surface area contributed by atoms with Gasteiger partial charge in [-0.2, -0.15) is 0 Å². The minimum absolute atomic E-state index is 0.0221. The van der Waals surface area contributed by atoms with Crippen molar-refractivity contribution >= 4 is 0 Å². The van der Waals surface area contributed by atoms with Crippen molar-refractivity contribution < 1.29 is 9.84 Å². The first-order valence-corrected chi connectivity index (χ1v) is 6.86. The summed E-state index contributed by atoms with van der Waals surface area (Å²) in [6.45, 7) is 4.21. The third kappa shape index (κ3) is 2.76. The van der Waals surface area contributed by atoms with Crippen LogP contribution in [0.4, 0.5) is 0 Å². The Balaban J connectivity index is 2.22. The van der Waals surface area contributed by atoms with Crippen LogP contribution in [0.3, 0.4) is 0 Å². The fourth-order valence-electron chi connectivity index (χ4n) is 3.05. The van der Waals surface area contributed by atoms with E-state index in [0.29, 0.717) is 6.42 Å². The molecule has 0 saturated heterocycles. The van der Waals surface area contributed by atoms with E-state index in [-0.39, 0.29) is 6.10 Å². The summed E-state index contributed by atoms with van der Waals surface area (Å²) in [5, 5.41) is 10.9. The van der Waals surface area contributed by atoms with Gasteiger partial charge in [0.15, 0.2) is 0 Å². The maximum atomic E-state index is 10.9. The van der Waals surface area contributed by atoms with Crippen molar-refractivity contribution in [2.75, 3.05) is 7.11 Å². The monoisotopic (exact) mass is 248 g/mol. The summed E-state index contributed by atoms with van der Waals surface area (Å²) in [4.78, 5) is 0. The zero-order valence-electron chi connectivity index (χ0n) is 11.7. The molecular weight excluding hydrogens is 224 g/mol. The Hall–Kier alpha value is -0.860. The van der Waals surface area contributed by atoms with Crippen LogP contribution < -0.4 is 0 Å². The third-order valence-corrected chi connectivity index (χ3v) is 4.21. The van der Waals surface area contributed by atoms with E-state index in [2.05, 4.69) is 32.0 Å². The van der Waals surface area contributed by atoms with Gasteiger partial charge in [-0.05, 0) is 37.8 Å². The van der Waals surface area contributed by atoms with Crippen molar-refractivity contribution in [3.05, 3.63) is 34.9 Å². The van der Waals surface area contributed by atoms with E-state index in [0.717, 1.165) is 25.7 Å². The van der Waals surface area contributed by atoms with Crippen LogP contribution in [-0.2, 0) is 11.2 Å². The standard InChI is InChI=1S/C16H24O2/c1-12-7-8-13(2)14(10-12)11-16(17)9-5-4-6-15(16)18-3/h7-8,10,15,17H,4-6,9,11H2,1-3H3. The molecule has 1 aromatic rings. The molecule has 1 aliphatic carbocycles. The van der Waals surface area contributed by atoms with Crippen molar-refractivity contribution in [2.24, 2.45) is 0 Å². The van der Waals surface area contributed by atoms with Gasteiger partial charge in [0.1, 0.15) is 0 Å². The van der Waals surface area contributed by atoms with Gasteiger partial charge in [-0.1, -0.05) is 36.6 Å². The van der Waals surface area contributed by atoms with E-state index in [1.807, 2.05) is 0 Å². The first-order valence-electron chi connectivity index (χ1n) is 6.86.